The molecule has 11 rings (SSSR count). The lowest BCUT2D eigenvalue weighted by Crippen LogP contribution is -2.10. The SMILES string of the molecule is c1cc(-c2cccc3ccccc23)cc(N(c2ccc(-c3ccc4ccccc4c3)cc2)c2ccc(-c3ccc4ccc5ccc6ccccc6c5c4c3)cc2)c1. The molecule has 0 aromatic heterocycles. The summed E-state index contributed by atoms with van der Waals surface area (Å²) in [5.74, 6) is 0. The van der Waals surface area contributed by atoms with E-state index in [1.165, 1.54) is 87.2 Å². The quantitative estimate of drug-likeness (QED) is 0.154. The van der Waals surface area contributed by atoms with E-state index in [4.69, 9.17) is 0 Å². The maximum absolute atomic E-state index is 2.38. The molecule has 0 radical (unpaired) electrons. The molecule has 0 bridgehead atoms. The molecule has 0 atom stereocenters. The highest BCUT2D eigenvalue weighted by atomic mass is 15.1. The van der Waals surface area contributed by atoms with Crippen molar-refractivity contribution in [2.24, 2.45) is 0 Å². The zero-order valence-electron chi connectivity index (χ0n) is 31.3. The first kappa shape index (κ1) is 32.9. The number of rotatable bonds is 6. The Kier molecular flexibility index (Phi) is 7.89. The van der Waals surface area contributed by atoms with Crippen LogP contribution < -0.4 is 4.90 Å². The molecule has 0 aliphatic rings. The van der Waals surface area contributed by atoms with E-state index in [0.717, 1.165) is 17.1 Å². The third kappa shape index (κ3) is 5.89. The number of nitrogens with zero attached hydrogens (tertiary/aromatic N) is 1. The van der Waals surface area contributed by atoms with Gasteiger partial charge in [0.1, 0.15) is 0 Å². The Morgan fingerprint density at radius 3 is 1.44 bits per heavy atom. The van der Waals surface area contributed by atoms with Crippen LogP contribution in [0.1, 0.15) is 0 Å². The molecule has 1 nitrogen and oxygen atoms in total. The second kappa shape index (κ2) is 13.7. The Morgan fingerprint density at radius 2 is 0.719 bits per heavy atom. The van der Waals surface area contributed by atoms with Crippen LogP contribution in [0.15, 0.2) is 224 Å². The normalized spacial score (nSPS) is 11.5. The summed E-state index contributed by atoms with van der Waals surface area (Å²) in [7, 11) is 0. The van der Waals surface area contributed by atoms with E-state index in [9.17, 15) is 0 Å². The predicted molar refractivity (Wildman–Crippen MR) is 245 cm³/mol. The zero-order chi connectivity index (χ0) is 37.7. The van der Waals surface area contributed by atoms with Gasteiger partial charge in [-0.15, -0.1) is 0 Å². The maximum atomic E-state index is 2.38. The minimum absolute atomic E-state index is 1.10. The summed E-state index contributed by atoms with van der Waals surface area (Å²) in [5, 5.41) is 12.7. The molecular weight excluding hydrogens is 687 g/mol. The van der Waals surface area contributed by atoms with Crippen LogP contribution in [0.5, 0.6) is 0 Å². The van der Waals surface area contributed by atoms with Gasteiger partial charge in [-0.3, -0.25) is 0 Å². The molecule has 0 saturated heterocycles. The molecule has 0 saturated carbocycles. The first-order valence-electron chi connectivity index (χ1n) is 19.7. The first-order valence-corrected chi connectivity index (χ1v) is 19.7. The van der Waals surface area contributed by atoms with E-state index in [2.05, 4.69) is 229 Å². The van der Waals surface area contributed by atoms with Crippen molar-refractivity contribution in [2.45, 2.75) is 0 Å². The van der Waals surface area contributed by atoms with Crippen molar-refractivity contribution in [3.8, 4) is 33.4 Å². The number of hydrogen-bond acceptors (Lipinski definition) is 1. The largest absolute Gasteiger partial charge is 0.310 e. The third-order valence-electron chi connectivity index (χ3n) is 11.6. The van der Waals surface area contributed by atoms with Crippen LogP contribution in [0, 0.1) is 0 Å². The lowest BCUT2D eigenvalue weighted by Gasteiger charge is -2.26. The Labute approximate surface area is 332 Å². The average molecular weight is 724 g/mol. The molecule has 0 aliphatic carbocycles. The smallest absolute Gasteiger partial charge is 0.0467 e. The van der Waals surface area contributed by atoms with E-state index >= 15 is 0 Å². The van der Waals surface area contributed by atoms with Gasteiger partial charge >= 0.3 is 0 Å². The standard InChI is InChI=1S/C56H37N/c1-2-12-45-35-46(25-19-38(45)9-1)39-27-31-49(32-28-39)57(51-15-7-14-48(36-51)53-18-8-13-41-10-3-5-16-52(41)53)50-33-29-40(30-34-50)47-26-22-43-21-24-44-23-20-42-11-4-6-17-54(42)56(44)55(43)37-47/h1-37H. The summed E-state index contributed by atoms with van der Waals surface area (Å²) in [5.41, 5.74) is 10.5. The van der Waals surface area contributed by atoms with Gasteiger partial charge in [-0.2, -0.15) is 0 Å². The van der Waals surface area contributed by atoms with Gasteiger partial charge in [0.25, 0.3) is 0 Å². The predicted octanol–water partition coefficient (Wildman–Crippen LogP) is 15.9. The molecule has 0 aliphatic heterocycles. The lowest BCUT2D eigenvalue weighted by molar-refractivity contribution is 1.28. The van der Waals surface area contributed by atoms with Crippen LogP contribution in [-0.4, -0.2) is 0 Å². The summed E-state index contributed by atoms with van der Waals surface area (Å²) >= 11 is 0. The van der Waals surface area contributed by atoms with Crippen LogP contribution >= 0.6 is 0 Å². The monoisotopic (exact) mass is 723 g/mol. The van der Waals surface area contributed by atoms with Crippen LogP contribution in [0.2, 0.25) is 0 Å². The van der Waals surface area contributed by atoms with Crippen LogP contribution in [0.25, 0.3) is 87.2 Å². The minimum atomic E-state index is 1.10. The molecule has 0 fully saturated rings. The Hall–Kier alpha value is -7.48. The van der Waals surface area contributed by atoms with E-state index < -0.39 is 0 Å². The fourth-order valence-electron chi connectivity index (χ4n) is 8.72. The first-order chi connectivity index (χ1) is 28.2. The molecule has 57 heavy (non-hydrogen) atoms. The van der Waals surface area contributed by atoms with Crippen molar-refractivity contribution >= 4 is 70.9 Å². The van der Waals surface area contributed by atoms with E-state index in [1.54, 1.807) is 0 Å². The lowest BCUT2D eigenvalue weighted by atomic mass is 9.94. The fourth-order valence-corrected chi connectivity index (χ4v) is 8.72. The Balaban J connectivity index is 1.02. The highest BCUT2D eigenvalue weighted by molar-refractivity contribution is 6.20. The summed E-state index contributed by atoms with van der Waals surface area (Å²) < 4.78 is 0. The van der Waals surface area contributed by atoms with E-state index in [0.29, 0.717) is 0 Å². The van der Waals surface area contributed by atoms with E-state index in [1.807, 2.05) is 0 Å². The van der Waals surface area contributed by atoms with Gasteiger partial charge in [-0.05, 0) is 136 Å². The van der Waals surface area contributed by atoms with Crippen LogP contribution in [0.4, 0.5) is 17.1 Å². The molecule has 0 N–H and O–H groups in total. The van der Waals surface area contributed by atoms with Crippen molar-refractivity contribution in [1.82, 2.24) is 0 Å². The van der Waals surface area contributed by atoms with Crippen LogP contribution in [-0.2, 0) is 0 Å². The topological polar surface area (TPSA) is 3.24 Å². The Morgan fingerprint density at radius 1 is 0.228 bits per heavy atom. The zero-order valence-corrected chi connectivity index (χ0v) is 31.3. The van der Waals surface area contributed by atoms with Crippen molar-refractivity contribution in [2.75, 3.05) is 4.90 Å². The molecule has 11 aromatic carbocycles. The summed E-state index contributed by atoms with van der Waals surface area (Å²) in [6.07, 6.45) is 0. The third-order valence-corrected chi connectivity index (χ3v) is 11.6. The van der Waals surface area contributed by atoms with Gasteiger partial charge in [-0.1, -0.05) is 176 Å². The summed E-state index contributed by atoms with van der Waals surface area (Å²) in [6, 6.07) is 82.1. The van der Waals surface area contributed by atoms with Gasteiger partial charge in [0.2, 0.25) is 0 Å². The molecule has 266 valence electrons. The van der Waals surface area contributed by atoms with Crippen molar-refractivity contribution in [3.05, 3.63) is 224 Å². The van der Waals surface area contributed by atoms with Gasteiger partial charge in [0.15, 0.2) is 0 Å². The van der Waals surface area contributed by atoms with Crippen molar-refractivity contribution in [1.29, 1.82) is 0 Å². The molecule has 0 unspecified atom stereocenters. The highest BCUT2D eigenvalue weighted by Gasteiger charge is 2.16. The van der Waals surface area contributed by atoms with E-state index in [-0.39, 0.29) is 0 Å². The van der Waals surface area contributed by atoms with Gasteiger partial charge < -0.3 is 4.90 Å². The van der Waals surface area contributed by atoms with Gasteiger partial charge in [0.05, 0.1) is 0 Å². The second-order valence-corrected chi connectivity index (χ2v) is 15.0. The average Bonchev–Trinajstić information content (AvgIpc) is 3.29. The second-order valence-electron chi connectivity index (χ2n) is 15.0. The van der Waals surface area contributed by atoms with Crippen LogP contribution in [0.3, 0.4) is 0 Å². The molecule has 11 aromatic rings. The highest BCUT2D eigenvalue weighted by Crippen LogP contribution is 2.40. The minimum Gasteiger partial charge on any atom is -0.310 e. The van der Waals surface area contributed by atoms with Gasteiger partial charge in [-0.25, -0.2) is 0 Å². The number of fused-ring (bicyclic) bond motifs is 7. The van der Waals surface area contributed by atoms with Crippen molar-refractivity contribution < 1.29 is 0 Å². The molecular formula is C56H37N. The Bertz CT molecular complexity index is 3270. The van der Waals surface area contributed by atoms with Crippen molar-refractivity contribution in [3.63, 3.8) is 0 Å². The summed E-state index contributed by atoms with van der Waals surface area (Å²) in [6.45, 7) is 0. The maximum Gasteiger partial charge on any atom is 0.0467 e. The summed E-state index contributed by atoms with van der Waals surface area (Å²) in [4.78, 5) is 2.38. The molecule has 0 amide bonds. The van der Waals surface area contributed by atoms with Gasteiger partial charge in [0, 0.05) is 17.1 Å². The molecule has 1 heteroatoms. The number of benzene rings is 11. The number of hydrogen-bond donors (Lipinski definition) is 0. The fraction of sp³-hybridized carbons (Fsp3) is 0. The molecule has 0 spiro atoms. The molecule has 0 heterocycles. The number of anilines is 3.